The fourth-order valence-corrected chi connectivity index (χ4v) is 2.76. The van der Waals surface area contributed by atoms with Crippen molar-refractivity contribution in [2.45, 2.75) is 33.0 Å². The van der Waals surface area contributed by atoms with Crippen molar-refractivity contribution in [1.29, 1.82) is 0 Å². The average molecular weight is 328 g/mol. The lowest BCUT2D eigenvalue weighted by molar-refractivity contribution is -0.138. The molecule has 0 saturated carbocycles. The van der Waals surface area contributed by atoms with Crippen LogP contribution in [0.25, 0.3) is 0 Å². The molecule has 0 spiro atoms. The second-order valence-electron chi connectivity index (χ2n) is 5.64. The summed E-state index contributed by atoms with van der Waals surface area (Å²) >= 11 is 0. The molecule has 7 heteroatoms. The van der Waals surface area contributed by atoms with Crippen molar-refractivity contribution < 1.29 is 22.8 Å². The number of likely N-dealkylation sites (tertiary alicyclic amines) is 1. The molecule has 1 aliphatic heterocycles. The standard InChI is InChI=1S/C16H19F3N2O2/c1-3-21-9-12(7-14(21)22)15(23)20-8-11-5-4-6-13(10(11)2)16(17,18)19/h4-6,12H,3,7-9H2,1-2H3,(H,20,23). The molecule has 126 valence electrons. The Morgan fingerprint density at radius 2 is 2.09 bits per heavy atom. The second-order valence-corrected chi connectivity index (χ2v) is 5.64. The van der Waals surface area contributed by atoms with E-state index in [0.29, 0.717) is 18.7 Å². The first-order valence-electron chi connectivity index (χ1n) is 7.45. The monoisotopic (exact) mass is 328 g/mol. The van der Waals surface area contributed by atoms with Crippen LogP contribution in [0.15, 0.2) is 18.2 Å². The molecule has 1 atom stereocenters. The molecule has 1 aliphatic rings. The number of nitrogens with zero attached hydrogens (tertiary/aromatic N) is 1. The molecule has 1 unspecified atom stereocenters. The summed E-state index contributed by atoms with van der Waals surface area (Å²) < 4.78 is 38.6. The maximum absolute atomic E-state index is 12.9. The van der Waals surface area contributed by atoms with Crippen LogP contribution in [0.5, 0.6) is 0 Å². The van der Waals surface area contributed by atoms with Gasteiger partial charge in [0.1, 0.15) is 0 Å². The zero-order valence-electron chi connectivity index (χ0n) is 13.0. The molecule has 1 saturated heterocycles. The van der Waals surface area contributed by atoms with Gasteiger partial charge >= 0.3 is 6.18 Å². The third kappa shape index (κ3) is 3.83. The van der Waals surface area contributed by atoms with E-state index in [4.69, 9.17) is 0 Å². The maximum atomic E-state index is 12.9. The Morgan fingerprint density at radius 1 is 1.39 bits per heavy atom. The number of halogens is 3. The molecule has 1 aromatic rings. The van der Waals surface area contributed by atoms with Crippen LogP contribution in [0, 0.1) is 12.8 Å². The molecule has 0 bridgehead atoms. The molecule has 2 rings (SSSR count). The summed E-state index contributed by atoms with van der Waals surface area (Å²) in [5.41, 5.74) is -0.166. The van der Waals surface area contributed by atoms with Crippen LogP contribution in [0.2, 0.25) is 0 Å². The normalized spacial score (nSPS) is 18.4. The number of benzene rings is 1. The molecule has 0 radical (unpaired) electrons. The summed E-state index contributed by atoms with van der Waals surface area (Å²) in [5, 5.41) is 2.64. The number of hydrogen-bond donors (Lipinski definition) is 1. The minimum atomic E-state index is -4.41. The molecule has 1 fully saturated rings. The highest BCUT2D eigenvalue weighted by Gasteiger charge is 2.34. The minimum Gasteiger partial charge on any atom is -0.352 e. The van der Waals surface area contributed by atoms with Gasteiger partial charge in [0.15, 0.2) is 0 Å². The van der Waals surface area contributed by atoms with Gasteiger partial charge in [-0.3, -0.25) is 9.59 Å². The molecule has 0 aromatic heterocycles. The van der Waals surface area contributed by atoms with Crippen LogP contribution in [0.1, 0.15) is 30.0 Å². The van der Waals surface area contributed by atoms with Gasteiger partial charge in [-0.05, 0) is 31.0 Å². The summed E-state index contributed by atoms with van der Waals surface area (Å²) in [7, 11) is 0. The predicted octanol–water partition coefficient (Wildman–Crippen LogP) is 2.50. The van der Waals surface area contributed by atoms with E-state index >= 15 is 0 Å². The quantitative estimate of drug-likeness (QED) is 0.923. The summed E-state index contributed by atoms with van der Waals surface area (Å²) in [4.78, 5) is 25.3. The van der Waals surface area contributed by atoms with Crippen molar-refractivity contribution in [3.8, 4) is 0 Å². The van der Waals surface area contributed by atoms with Crippen molar-refractivity contribution in [1.82, 2.24) is 10.2 Å². The number of alkyl halides is 3. The van der Waals surface area contributed by atoms with Gasteiger partial charge in [0.05, 0.1) is 11.5 Å². The fourth-order valence-electron chi connectivity index (χ4n) is 2.76. The van der Waals surface area contributed by atoms with Crippen molar-refractivity contribution >= 4 is 11.8 Å². The topological polar surface area (TPSA) is 49.4 Å². The van der Waals surface area contributed by atoms with E-state index in [1.807, 2.05) is 6.92 Å². The lowest BCUT2D eigenvalue weighted by atomic mass is 10.0. The van der Waals surface area contributed by atoms with Crippen LogP contribution < -0.4 is 5.32 Å². The molecule has 1 aromatic carbocycles. The van der Waals surface area contributed by atoms with E-state index in [-0.39, 0.29) is 30.3 Å². The Balaban J connectivity index is 2.02. The Hall–Kier alpha value is -2.05. The Bertz CT molecular complexity index is 614. The summed E-state index contributed by atoms with van der Waals surface area (Å²) in [5.74, 6) is -0.803. The molecular formula is C16H19F3N2O2. The van der Waals surface area contributed by atoms with E-state index < -0.39 is 17.7 Å². The Kier molecular flexibility index (Phi) is 4.97. The van der Waals surface area contributed by atoms with Crippen LogP contribution in [-0.2, 0) is 22.3 Å². The Morgan fingerprint density at radius 3 is 2.65 bits per heavy atom. The van der Waals surface area contributed by atoms with Gasteiger partial charge in [0, 0.05) is 26.1 Å². The van der Waals surface area contributed by atoms with Crippen molar-refractivity contribution in [3.63, 3.8) is 0 Å². The highest BCUT2D eigenvalue weighted by Crippen LogP contribution is 2.32. The number of carbonyl (C=O) groups is 2. The first kappa shape index (κ1) is 17.3. The van der Waals surface area contributed by atoms with Gasteiger partial charge < -0.3 is 10.2 Å². The van der Waals surface area contributed by atoms with Crippen molar-refractivity contribution in [3.05, 3.63) is 34.9 Å². The number of rotatable bonds is 4. The number of hydrogen-bond acceptors (Lipinski definition) is 2. The maximum Gasteiger partial charge on any atom is 0.416 e. The third-order valence-electron chi connectivity index (χ3n) is 4.17. The van der Waals surface area contributed by atoms with E-state index in [1.54, 1.807) is 11.0 Å². The summed E-state index contributed by atoms with van der Waals surface area (Å²) in [6.07, 6.45) is -4.26. The molecule has 0 aliphatic carbocycles. The Labute approximate surface area is 132 Å². The SMILES string of the molecule is CCN1CC(C(=O)NCc2cccc(C(F)(F)F)c2C)CC1=O. The van der Waals surface area contributed by atoms with Crippen LogP contribution in [-0.4, -0.2) is 29.8 Å². The third-order valence-corrected chi connectivity index (χ3v) is 4.17. The molecular weight excluding hydrogens is 309 g/mol. The molecule has 1 heterocycles. The van der Waals surface area contributed by atoms with Crippen LogP contribution in [0.3, 0.4) is 0 Å². The van der Waals surface area contributed by atoms with Crippen LogP contribution in [0.4, 0.5) is 13.2 Å². The first-order chi connectivity index (χ1) is 10.7. The van der Waals surface area contributed by atoms with Gasteiger partial charge in [0.25, 0.3) is 0 Å². The molecule has 4 nitrogen and oxygen atoms in total. The van der Waals surface area contributed by atoms with Gasteiger partial charge in [-0.1, -0.05) is 12.1 Å². The van der Waals surface area contributed by atoms with Gasteiger partial charge in [0.2, 0.25) is 11.8 Å². The average Bonchev–Trinajstić information content (AvgIpc) is 2.86. The van der Waals surface area contributed by atoms with Crippen molar-refractivity contribution in [2.75, 3.05) is 13.1 Å². The predicted molar refractivity (Wildman–Crippen MR) is 78.4 cm³/mol. The largest absolute Gasteiger partial charge is 0.416 e. The fraction of sp³-hybridized carbons (Fsp3) is 0.500. The molecule has 2 amide bonds. The first-order valence-corrected chi connectivity index (χ1v) is 7.45. The number of carbonyl (C=O) groups excluding carboxylic acids is 2. The summed E-state index contributed by atoms with van der Waals surface area (Å²) in [6.45, 7) is 4.16. The lowest BCUT2D eigenvalue weighted by Gasteiger charge is -2.16. The number of nitrogens with one attached hydrogen (secondary N) is 1. The van der Waals surface area contributed by atoms with E-state index in [1.165, 1.54) is 13.0 Å². The van der Waals surface area contributed by atoms with Crippen LogP contribution >= 0.6 is 0 Å². The highest BCUT2D eigenvalue weighted by atomic mass is 19.4. The van der Waals surface area contributed by atoms with Gasteiger partial charge in [-0.15, -0.1) is 0 Å². The minimum absolute atomic E-state index is 0.0192. The zero-order chi connectivity index (χ0) is 17.2. The molecule has 1 N–H and O–H groups in total. The van der Waals surface area contributed by atoms with Gasteiger partial charge in [-0.2, -0.15) is 13.2 Å². The second kappa shape index (κ2) is 6.60. The van der Waals surface area contributed by atoms with Gasteiger partial charge in [-0.25, -0.2) is 0 Å². The van der Waals surface area contributed by atoms with E-state index in [9.17, 15) is 22.8 Å². The van der Waals surface area contributed by atoms with E-state index in [0.717, 1.165) is 6.07 Å². The smallest absolute Gasteiger partial charge is 0.352 e. The number of amides is 2. The highest BCUT2D eigenvalue weighted by molar-refractivity contribution is 5.89. The van der Waals surface area contributed by atoms with Crippen molar-refractivity contribution in [2.24, 2.45) is 5.92 Å². The zero-order valence-corrected chi connectivity index (χ0v) is 13.0. The lowest BCUT2D eigenvalue weighted by Crippen LogP contribution is -2.32. The van der Waals surface area contributed by atoms with E-state index in [2.05, 4.69) is 5.32 Å². The summed E-state index contributed by atoms with van der Waals surface area (Å²) in [6, 6.07) is 3.91. The molecule has 23 heavy (non-hydrogen) atoms.